The van der Waals surface area contributed by atoms with Gasteiger partial charge in [-0.15, -0.1) is 0 Å². The first-order valence-corrected chi connectivity index (χ1v) is 9.75. The second-order valence-electron chi connectivity index (χ2n) is 7.15. The Morgan fingerprint density at radius 3 is 2.32 bits per heavy atom. The summed E-state index contributed by atoms with van der Waals surface area (Å²) in [4.78, 5) is 15.2. The Labute approximate surface area is 169 Å². The van der Waals surface area contributed by atoms with Crippen molar-refractivity contribution in [2.45, 2.75) is 26.1 Å². The molecule has 2 atom stereocenters. The van der Waals surface area contributed by atoms with Gasteiger partial charge in [-0.25, -0.2) is 4.68 Å². The first kappa shape index (κ1) is 18.7. The maximum Gasteiger partial charge on any atom is 0.257 e. The highest BCUT2D eigenvalue weighted by atomic mass is 35.5. The van der Waals surface area contributed by atoms with Crippen LogP contribution in [0.15, 0.2) is 60.8 Å². The number of halogens is 1. The van der Waals surface area contributed by atoms with Crippen LogP contribution in [0.2, 0.25) is 5.02 Å². The molecule has 1 fully saturated rings. The van der Waals surface area contributed by atoms with Crippen LogP contribution in [0.4, 0.5) is 0 Å². The normalized spacial score (nSPS) is 19.6. The van der Waals surface area contributed by atoms with E-state index >= 15 is 0 Å². The van der Waals surface area contributed by atoms with Crippen LogP contribution >= 0.6 is 11.6 Å². The van der Waals surface area contributed by atoms with E-state index in [1.807, 2.05) is 79.5 Å². The largest absolute Gasteiger partial charge is 0.372 e. The van der Waals surface area contributed by atoms with E-state index in [4.69, 9.17) is 21.4 Å². The van der Waals surface area contributed by atoms with Crippen molar-refractivity contribution in [3.8, 4) is 16.9 Å². The first-order chi connectivity index (χ1) is 13.5. The number of amides is 1. The van der Waals surface area contributed by atoms with Gasteiger partial charge in [0.2, 0.25) is 0 Å². The van der Waals surface area contributed by atoms with E-state index in [1.165, 1.54) is 0 Å². The summed E-state index contributed by atoms with van der Waals surface area (Å²) in [7, 11) is 0. The van der Waals surface area contributed by atoms with Crippen LogP contribution in [-0.2, 0) is 4.74 Å². The van der Waals surface area contributed by atoms with Gasteiger partial charge in [-0.1, -0.05) is 41.9 Å². The molecule has 2 unspecified atom stereocenters. The first-order valence-electron chi connectivity index (χ1n) is 9.37. The second-order valence-corrected chi connectivity index (χ2v) is 7.58. The monoisotopic (exact) mass is 395 g/mol. The third kappa shape index (κ3) is 3.81. The predicted molar refractivity (Wildman–Crippen MR) is 110 cm³/mol. The molecule has 0 spiro atoms. The molecule has 4 rings (SSSR count). The Hall–Kier alpha value is -2.63. The van der Waals surface area contributed by atoms with Gasteiger partial charge in [0.1, 0.15) is 5.69 Å². The average molecular weight is 396 g/mol. The fourth-order valence-electron chi connectivity index (χ4n) is 3.58. The molecule has 2 aromatic carbocycles. The Kier molecular flexibility index (Phi) is 5.20. The number of carbonyl (C=O) groups excluding carboxylic acids is 1. The van der Waals surface area contributed by atoms with Gasteiger partial charge in [0, 0.05) is 29.9 Å². The molecule has 1 aliphatic heterocycles. The number of ether oxygens (including phenoxy) is 1. The molecule has 5 nitrogen and oxygen atoms in total. The zero-order valence-electron chi connectivity index (χ0n) is 15.9. The molecule has 0 bridgehead atoms. The molecule has 1 amide bonds. The fourth-order valence-corrected chi connectivity index (χ4v) is 3.70. The van der Waals surface area contributed by atoms with Crippen LogP contribution < -0.4 is 0 Å². The fraction of sp³-hybridized carbons (Fsp3) is 0.273. The number of benzene rings is 2. The lowest BCUT2D eigenvalue weighted by Gasteiger charge is -2.35. The Bertz CT molecular complexity index is 959. The molecule has 2 heterocycles. The number of hydrogen-bond acceptors (Lipinski definition) is 3. The van der Waals surface area contributed by atoms with Crippen molar-refractivity contribution in [3.63, 3.8) is 0 Å². The van der Waals surface area contributed by atoms with Crippen molar-refractivity contribution in [2.75, 3.05) is 13.1 Å². The van der Waals surface area contributed by atoms with Crippen LogP contribution in [0.5, 0.6) is 0 Å². The summed E-state index contributed by atoms with van der Waals surface area (Å²) in [6.07, 6.45) is 1.83. The smallest absolute Gasteiger partial charge is 0.257 e. The molecular weight excluding hydrogens is 374 g/mol. The predicted octanol–water partition coefficient (Wildman–Crippen LogP) is 4.44. The van der Waals surface area contributed by atoms with Crippen molar-refractivity contribution >= 4 is 17.5 Å². The maximum atomic E-state index is 13.4. The molecular formula is C22H22ClN3O2. The summed E-state index contributed by atoms with van der Waals surface area (Å²) < 4.78 is 7.53. The van der Waals surface area contributed by atoms with E-state index in [2.05, 4.69) is 0 Å². The zero-order chi connectivity index (χ0) is 19.7. The molecule has 0 saturated carbocycles. The van der Waals surface area contributed by atoms with E-state index in [9.17, 15) is 4.79 Å². The highest BCUT2D eigenvalue weighted by Crippen LogP contribution is 2.27. The van der Waals surface area contributed by atoms with Crippen LogP contribution in [0.3, 0.4) is 0 Å². The Morgan fingerprint density at radius 2 is 1.68 bits per heavy atom. The quantitative estimate of drug-likeness (QED) is 0.658. The molecule has 1 aliphatic rings. The molecule has 1 saturated heterocycles. The minimum Gasteiger partial charge on any atom is -0.372 e. The summed E-state index contributed by atoms with van der Waals surface area (Å²) in [5.41, 5.74) is 2.99. The van der Waals surface area contributed by atoms with Crippen molar-refractivity contribution in [2.24, 2.45) is 0 Å². The van der Waals surface area contributed by atoms with E-state index < -0.39 is 0 Å². The second kappa shape index (κ2) is 7.78. The highest BCUT2D eigenvalue weighted by Gasteiger charge is 2.29. The standard InChI is InChI=1S/C22H22ClN3O2/c1-15-12-25(13-16(2)28-15)22(27)20-14-26(19-6-4-3-5-7-19)24-21(20)17-8-10-18(23)11-9-17/h3-11,14-16H,12-13H2,1-2H3. The van der Waals surface area contributed by atoms with Gasteiger partial charge in [-0.3, -0.25) is 4.79 Å². The van der Waals surface area contributed by atoms with Crippen molar-refractivity contribution in [1.82, 2.24) is 14.7 Å². The summed E-state index contributed by atoms with van der Waals surface area (Å²) in [6.45, 7) is 5.12. The van der Waals surface area contributed by atoms with Gasteiger partial charge in [0.15, 0.2) is 0 Å². The van der Waals surface area contributed by atoms with Gasteiger partial charge >= 0.3 is 0 Å². The lowest BCUT2D eigenvalue weighted by Crippen LogP contribution is -2.48. The van der Waals surface area contributed by atoms with Crippen molar-refractivity contribution in [1.29, 1.82) is 0 Å². The third-order valence-corrected chi connectivity index (χ3v) is 5.04. The van der Waals surface area contributed by atoms with E-state index in [0.717, 1.165) is 11.3 Å². The summed E-state index contributed by atoms with van der Waals surface area (Å²) in [6, 6.07) is 17.2. The third-order valence-electron chi connectivity index (χ3n) is 4.79. The topological polar surface area (TPSA) is 47.4 Å². The molecule has 6 heteroatoms. The SMILES string of the molecule is CC1CN(C(=O)c2cn(-c3ccccc3)nc2-c2ccc(Cl)cc2)CC(C)O1. The molecule has 0 aliphatic carbocycles. The number of morpholine rings is 1. The Morgan fingerprint density at radius 1 is 1.04 bits per heavy atom. The van der Waals surface area contributed by atoms with Crippen molar-refractivity contribution < 1.29 is 9.53 Å². The summed E-state index contributed by atoms with van der Waals surface area (Å²) in [5, 5.41) is 5.38. The number of para-hydroxylation sites is 1. The molecule has 144 valence electrons. The summed E-state index contributed by atoms with van der Waals surface area (Å²) in [5.74, 6) is -0.0332. The van der Waals surface area contributed by atoms with E-state index in [1.54, 1.807) is 4.68 Å². The molecule has 1 aromatic heterocycles. The average Bonchev–Trinajstić information content (AvgIpc) is 3.13. The van der Waals surface area contributed by atoms with Crippen LogP contribution in [0.1, 0.15) is 24.2 Å². The van der Waals surface area contributed by atoms with Crippen LogP contribution in [0.25, 0.3) is 16.9 Å². The van der Waals surface area contributed by atoms with Gasteiger partial charge in [0.25, 0.3) is 5.91 Å². The molecule has 3 aromatic rings. The van der Waals surface area contributed by atoms with E-state index in [0.29, 0.717) is 29.4 Å². The summed E-state index contributed by atoms with van der Waals surface area (Å²) >= 11 is 6.04. The zero-order valence-corrected chi connectivity index (χ0v) is 16.6. The maximum absolute atomic E-state index is 13.4. The van der Waals surface area contributed by atoms with Crippen LogP contribution in [-0.4, -0.2) is 45.9 Å². The number of nitrogens with zero attached hydrogens (tertiary/aromatic N) is 3. The number of rotatable bonds is 3. The van der Waals surface area contributed by atoms with E-state index in [-0.39, 0.29) is 18.1 Å². The number of carbonyl (C=O) groups is 1. The van der Waals surface area contributed by atoms with Crippen molar-refractivity contribution in [3.05, 3.63) is 71.4 Å². The van der Waals surface area contributed by atoms with Gasteiger partial charge in [-0.2, -0.15) is 5.10 Å². The molecule has 0 radical (unpaired) electrons. The van der Waals surface area contributed by atoms with Crippen LogP contribution in [0, 0.1) is 0 Å². The minimum atomic E-state index is -0.0332. The van der Waals surface area contributed by atoms with Gasteiger partial charge in [-0.05, 0) is 38.1 Å². The number of aromatic nitrogens is 2. The minimum absolute atomic E-state index is 0.0100. The lowest BCUT2D eigenvalue weighted by atomic mass is 10.1. The highest BCUT2D eigenvalue weighted by molar-refractivity contribution is 6.30. The van der Waals surface area contributed by atoms with Gasteiger partial charge < -0.3 is 9.64 Å². The lowest BCUT2D eigenvalue weighted by molar-refractivity contribution is -0.0586. The van der Waals surface area contributed by atoms with Gasteiger partial charge in [0.05, 0.1) is 23.5 Å². The molecule has 0 N–H and O–H groups in total. The Balaban J connectivity index is 1.77. The molecule has 28 heavy (non-hydrogen) atoms. The number of hydrogen-bond donors (Lipinski definition) is 0.